The zero-order valence-corrected chi connectivity index (χ0v) is 18.9. The summed E-state index contributed by atoms with van der Waals surface area (Å²) < 4.78 is 5.50. The highest BCUT2D eigenvalue weighted by atomic mass is 16.6. The summed E-state index contributed by atoms with van der Waals surface area (Å²) in [5.74, 6) is -6.80. The fourth-order valence-electron chi connectivity index (χ4n) is 3.54. The van der Waals surface area contributed by atoms with Gasteiger partial charge in [0.1, 0.15) is 11.5 Å². The minimum Gasteiger partial charge on any atom is -0.502 e. The van der Waals surface area contributed by atoms with Crippen molar-refractivity contribution < 1.29 is 44.6 Å². The Morgan fingerprint density at radius 2 is 1.14 bits per heavy atom. The van der Waals surface area contributed by atoms with Crippen molar-refractivity contribution >= 4 is 23.3 Å². The zero-order valence-electron chi connectivity index (χ0n) is 18.9. The molecule has 0 aliphatic rings. The van der Waals surface area contributed by atoms with Crippen LogP contribution in [0, 0.1) is 20.2 Å². The number of phenolic OH excluding ortho intramolecular Hbond substituents is 2. The summed E-state index contributed by atoms with van der Waals surface area (Å²) >= 11 is 0. The maximum atomic E-state index is 11.9. The van der Waals surface area contributed by atoms with Crippen molar-refractivity contribution in [1.29, 1.82) is 0 Å². The smallest absolute Gasteiger partial charge is 0.346 e. The number of aromatic hydroxyl groups is 2. The molecule has 0 heterocycles. The second kappa shape index (κ2) is 11.1. The summed E-state index contributed by atoms with van der Waals surface area (Å²) in [6.07, 6.45) is 2.45. The number of carboxylic acid groups (broad SMARTS) is 2. The Hall–Kier alpha value is -4.42. The van der Waals surface area contributed by atoms with E-state index in [0.29, 0.717) is 25.7 Å². The number of ether oxygens (including phenoxy) is 1. The van der Waals surface area contributed by atoms with Crippen LogP contribution in [0.4, 0.5) is 11.4 Å². The lowest BCUT2D eigenvalue weighted by Crippen LogP contribution is -2.10. The number of rotatable bonds is 12. The van der Waals surface area contributed by atoms with Crippen molar-refractivity contribution in [3.05, 3.63) is 54.6 Å². The maximum Gasteiger partial charge on any atom is 0.346 e. The van der Waals surface area contributed by atoms with E-state index in [9.17, 15) is 50.2 Å². The van der Waals surface area contributed by atoms with E-state index >= 15 is 0 Å². The predicted octanol–water partition coefficient (Wildman–Crippen LogP) is 4.79. The molecule has 0 aliphatic carbocycles. The molecule has 0 fully saturated rings. The molecule has 13 nitrogen and oxygen atoms in total. The van der Waals surface area contributed by atoms with E-state index in [0.717, 1.165) is 12.1 Å². The summed E-state index contributed by atoms with van der Waals surface area (Å²) in [4.78, 5) is 44.9. The van der Waals surface area contributed by atoms with Crippen molar-refractivity contribution in [2.75, 3.05) is 0 Å². The van der Waals surface area contributed by atoms with E-state index in [-0.39, 0.29) is 24.0 Å². The third-order valence-corrected chi connectivity index (χ3v) is 5.25. The first-order chi connectivity index (χ1) is 16.5. The highest BCUT2D eigenvalue weighted by Crippen LogP contribution is 2.46. The molecule has 2 aromatic rings. The fraction of sp³-hybridized carbons (Fsp3) is 0.364. The third kappa shape index (κ3) is 5.57. The van der Waals surface area contributed by atoms with Crippen LogP contribution in [-0.2, 0) is 12.8 Å². The van der Waals surface area contributed by atoms with Gasteiger partial charge in [-0.3, -0.25) is 20.2 Å². The highest BCUT2D eigenvalue weighted by molar-refractivity contribution is 5.99. The SMILES string of the molecule is CCCCc1cc(Oc2cc(CCCC)c(O)c([N+](=O)[O-])c2C(=O)O)c(C(=O)O)c([N+](=O)[O-])c1O. The number of nitro groups is 2. The van der Waals surface area contributed by atoms with Gasteiger partial charge < -0.3 is 25.2 Å². The number of unbranched alkanes of at least 4 members (excludes halogenated alkanes) is 2. The molecule has 0 aliphatic heterocycles. The molecule has 0 spiro atoms. The number of benzene rings is 2. The van der Waals surface area contributed by atoms with Crippen molar-refractivity contribution in [3.8, 4) is 23.0 Å². The Balaban J connectivity index is 2.90. The number of aryl methyl sites for hydroxylation is 2. The lowest BCUT2D eigenvalue weighted by atomic mass is 10.00. The molecule has 35 heavy (non-hydrogen) atoms. The lowest BCUT2D eigenvalue weighted by molar-refractivity contribution is -0.386. The molecule has 0 bridgehead atoms. The summed E-state index contributed by atoms with van der Waals surface area (Å²) in [6, 6.07) is 2.05. The first-order valence-corrected chi connectivity index (χ1v) is 10.7. The quantitative estimate of drug-likeness (QED) is 0.233. The van der Waals surface area contributed by atoms with Gasteiger partial charge in [-0.15, -0.1) is 0 Å². The summed E-state index contributed by atoms with van der Waals surface area (Å²) in [5.41, 5.74) is -4.47. The Morgan fingerprint density at radius 3 is 1.40 bits per heavy atom. The summed E-state index contributed by atoms with van der Waals surface area (Å²) in [6.45, 7) is 3.64. The van der Waals surface area contributed by atoms with Gasteiger partial charge in [0.2, 0.25) is 0 Å². The van der Waals surface area contributed by atoms with Crippen LogP contribution in [0.25, 0.3) is 0 Å². The summed E-state index contributed by atoms with van der Waals surface area (Å²) in [5, 5.41) is 63.3. The highest BCUT2D eigenvalue weighted by Gasteiger charge is 2.36. The molecular weight excluding hydrogens is 468 g/mol. The van der Waals surface area contributed by atoms with Gasteiger partial charge in [-0.2, -0.15) is 0 Å². The Labute approximate surface area is 198 Å². The minimum absolute atomic E-state index is 0.0186. The van der Waals surface area contributed by atoms with E-state index in [1.165, 1.54) is 0 Å². The second-order valence-electron chi connectivity index (χ2n) is 7.65. The van der Waals surface area contributed by atoms with Gasteiger partial charge in [-0.1, -0.05) is 26.7 Å². The lowest BCUT2D eigenvalue weighted by Gasteiger charge is -2.16. The van der Waals surface area contributed by atoms with Crippen LogP contribution >= 0.6 is 0 Å². The van der Waals surface area contributed by atoms with Gasteiger partial charge in [-0.05, 0) is 37.8 Å². The molecule has 0 saturated heterocycles. The molecule has 4 N–H and O–H groups in total. The molecule has 2 rings (SSSR count). The van der Waals surface area contributed by atoms with E-state index < -0.39 is 67.3 Å². The van der Waals surface area contributed by atoms with Gasteiger partial charge >= 0.3 is 23.3 Å². The van der Waals surface area contributed by atoms with Crippen molar-refractivity contribution in [1.82, 2.24) is 0 Å². The van der Waals surface area contributed by atoms with E-state index in [2.05, 4.69) is 0 Å². The molecule has 0 radical (unpaired) electrons. The van der Waals surface area contributed by atoms with E-state index in [4.69, 9.17) is 4.74 Å². The molecule has 13 heteroatoms. The van der Waals surface area contributed by atoms with Crippen LogP contribution in [0.5, 0.6) is 23.0 Å². The van der Waals surface area contributed by atoms with Crippen LogP contribution in [0.3, 0.4) is 0 Å². The standard InChI is InChI=1S/C22H24N2O11/c1-3-5-7-11-9-13(15(21(27)28)17(19(11)25)23(31)32)35-14-10-12(8-6-4-2)20(26)18(24(33)34)16(14)22(29)30/h9-10,25-26H,3-8H2,1-2H3,(H,27,28)(H,29,30). The van der Waals surface area contributed by atoms with Gasteiger partial charge in [0.05, 0.1) is 9.85 Å². The molecule has 2 aromatic carbocycles. The minimum atomic E-state index is -1.85. The number of hydrogen-bond acceptors (Lipinski definition) is 9. The van der Waals surface area contributed by atoms with E-state index in [1.54, 1.807) is 0 Å². The fourth-order valence-corrected chi connectivity index (χ4v) is 3.54. The van der Waals surface area contributed by atoms with Crippen LogP contribution in [0.1, 0.15) is 71.4 Å². The monoisotopic (exact) mass is 492 g/mol. The largest absolute Gasteiger partial charge is 0.502 e. The van der Waals surface area contributed by atoms with Crippen LogP contribution < -0.4 is 4.74 Å². The van der Waals surface area contributed by atoms with Crippen molar-refractivity contribution in [2.24, 2.45) is 0 Å². The van der Waals surface area contributed by atoms with Crippen molar-refractivity contribution in [3.63, 3.8) is 0 Å². The van der Waals surface area contributed by atoms with Gasteiger partial charge in [0, 0.05) is 11.1 Å². The number of aromatic carboxylic acids is 2. The number of carboxylic acids is 2. The number of carbonyl (C=O) groups is 2. The Morgan fingerprint density at radius 1 is 0.800 bits per heavy atom. The number of nitro benzene ring substituents is 2. The zero-order chi connectivity index (χ0) is 26.4. The average molecular weight is 492 g/mol. The Kier molecular flexibility index (Phi) is 8.54. The first kappa shape index (κ1) is 26.8. The van der Waals surface area contributed by atoms with Crippen LogP contribution in [0.15, 0.2) is 12.1 Å². The second-order valence-corrected chi connectivity index (χ2v) is 7.65. The topological polar surface area (TPSA) is 211 Å². The molecule has 0 atom stereocenters. The molecule has 0 amide bonds. The maximum absolute atomic E-state index is 11.9. The first-order valence-electron chi connectivity index (χ1n) is 10.7. The normalized spacial score (nSPS) is 10.7. The van der Waals surface area contributed by atoms with E-state index in [1.807, 2.05) is 13.8 Å². The van der Waals surface area contributed by atoms with Gasteiger partial charge in [0.25, 0.3) is 0 Å². The molecule has 0 aromatic heterocycles. The molecular formula is C22H24N2O11. The third-order valence-electron chi connectivity index (χ3n) is 5.25. The number of hydrogen-bond donors (Lipinski definition) is 4. The number of nitrogens with zero attached hydrogens (tertiary/aromatic N) is 2. The Bertz CT molecular complexity index is 1100. The molecule has 188 valence electrons. The van der Waals surface area contributed by atoms with Crippen molar-refractivity contribution in [2.45, 2.75) is 52.4 Å². The molecule has 0 unspecified atom stereocenters. The average Bonchev–Trinajstić information content (AvgIpc) is 2.77. The summed E-state index contributed by atoms with van der Waals surface area (Å²) in [7, 11) is 0. The van der Waals surface area contributed by atoms with Crippen LogP contribution in [-0.4, -0.2) is 42.2 Å². The van der Waals surface area contributed by atoms with Gasteiger partial charge in [-0.25, -0.2) is 9.59 Å². The number of phenols is 2. The molecule has 0 saturated carbocycles. The van der Waals surface area contributed by atoms with Crippen LogP contribution in [0.2, 0.25) is 0 Å². The van der Waals surface area contributed by atoms with Gasteiger partial charge in [0.15, 0.2) is 22.6 Å². The predicted molar refractivity (Wildman–Crippen MR) is 121 cm³/mol.